The Morgan fingerprint density at radius 1 is 1.08 bits per heavy atom. The maximum Gasteiger partial charge on any atom is 0.238 e. The molecule has 0 atom stereocenters. The third-order valence-corrected chi connectivity index (χ3v) is 4.02. The van der Waals surface area contributed by atoms with Gasteiger partial charge >= 0.3 is 0 Å². The van der Waals surface area contributed by atoms with Crippen molar-refractivity contribution in [1.29, 1.82) is 5.26 Å². The summed E-state index contributed by atoms with van der Waals surface area (Å²) in [6.45, 7) is 0. The molecular weight excluding hydrogens is 318 g/mol. The van der Waals surface area contributed by atoms with Crippen molar-refractivity contribution in [2.24, 2.45) is 0 Å². The van der Waals surface area contributed by atoms with Crippen molar-refractivity contribution in [3.05, 3.63) is 87.5 Å². The van der Waals surface area contributed by atoms with Gasteiger partial charge in [0.2, 0.25) is 5.78 Å². The molecule has 3 nitrogen and oxygen atoms in total. The minimum absolute atomic E-state index is 0.0365. The molecule has 114 valence electrons. The summed E-state index contributed by atoms with van der Waals surface area (Å²) in [4.78, 5) is 12.9. The van der Waals surface area contributed by atoms with Crippen LogP contribution >= 0.6 is 11.3 Å². The Morgan fingerprint density at radius 3 is 2.58 bits per heavy atom. The van der Waals surface area contributed by atoms with E-state index in [4.69, 9.17) is 4.42 Å². The molecule has 3 aromatic rings. The fourth-order valence-corrected chi connectivity index (χ4v) is 2.76. The Morgan fingerprint density at radius 2 is 1.88 bits per heavy atom. The summed E-state index contributed by atoms with van der Waals surface area (Å²) in [6.07, 6.45) is 2.97. The van der Waals surface area contributed by atoms with E-state index in [1.165, 1.54) is 17.6 Å². The van der Waals surface area contributed by atoms with E-state index in [0.717, 1.165) is 16.0 Å². The molecule has 2 aromatic heterocycles. The number of ketones is 1. The van der Waals surface area contributed by atoms with Gasteiger partial charge in [-0.25, -0.2) is 0 Å². The molecule has 0 saturated heterocycles. The van der Waals surface area contributed by atoms with Crippen LogP contribution in [0.15, 0.2) is 70.2 Å². The van der Waals surface area contributed by atoms with E-state index in [9.17, 15) is 10.1 Å². The van der Waals surface area contributed by atoms with Crippen LogP contribution in [0.2, 0.25) is 0 Å². The molecule has 4 heteroatoms. The predicted octanol–water partition coefficient (Wildman–Crippen LogP) is 4.53. The first-order valence-electron chi connectivity index (χ1n) is 7.12. The lowest BCUT2D eigenvalue weighted by Gasteiger charge is -1.93. The Bertz CT molecular complexity index is 978. The molecule has 0 unspecified atom stereocenters. The van der Waals surface area contributed by atoms with Gasteiger partial charge in [0.25, 0.3) is 0 Å². The Hall–Kier alpha value is -3.34. The van der Waals surface area contributed by atoms with Crippen LogP contribution in [0, 0.1) is 23.2 Å². The quantitative estimate of drug-likeness (QED) is 0.307. The molecule has 0 aliphatic heterocycles. The van der Waals surface area contributed by atoms with Gasteiger partial charge < -0.3 is 4.42 Å². The summed E-state index contributed by atoms with van der Waals surface area (Å²) in [5, 5.41) is 11.1. The molecule has 0 amide bonds. The van der Waals surface area contributed by atoms with Crippen LogP contribution in [0.25, 0.3) is 6.08 Å². The predicted molar refractivity (Wildman–Crippen MR) is 93.4 cm³/mol. The van der Waals surface area contributed by atoms with Crippen LogP contribution in [0.1, 0.15) is 26.6 Å². The number of nitrogens with zero attached hydrogens (tertiary/aromatic N) is 1. The number of hydrogen-bond donors (Lipinski definition) is 0. The Balaban J connectivity index is 1.81. The van der Waals surface area contributed by atoms with Crippen LogP contribution in [-0.4, -0.2) is 5.78 Å². The zero-order chi connectivity index (χ0) is 16.8. The number of allylic oxidation sites excluding steroid dienone is 1. The van der Waals surface area contributed by atoms with Crippen molar-refractivity contribution in [3.8, 4) is 17.9 Å². The number of nitriles is 1. The van der Waals surface area contributed by atoms with E-state index in [0.29, 0.717) is 0 Å². The number of hydrogen-bond acceptors (Lipinski definition) is 4. The largest absolute Gasteiger partial charge is 0.461 e. The number of thiophene rings is 1. The molecule has 24 heavy (non-hydrogen) atoms. The topological polar surface area (TPSA) is 54.0 Å². The summed E-state index contributed by atoms with van der Waals surface area (Å²) < 4.78 is 5.05. The zero-order valence-electron chi connectivity index (χ0n) is 12.5. The summed E-state index contributed by atoms with van der Waals surface area (Å²) in [6, 6.07) is 16.6. The lowest BCUT2D eigenvalue weighted by Crippen LogP contribution is -1.99. The summed E-state index contributed by atoms with van der Waals surface area (Å²) in [5.41, 5.74) is 1.82. The third-order valence-electron chi connectivity index (χ3n) is 3.14. The van der Waals surface area contributed by atoms with Crippen molar-refractivity contribution in [2.45, 2.75) is 0 Å². The molecule has 0 aliphatic rings. The minimum Gasteiger partial charge on any atom is -0.461 e. The van der Waals surface area contributed by atoms with Crippen molar-refractivity contribution in [3.63, 3.8) is 0 Å². The van der Waals surface area contributed by atoms with Gasteiger partial charge in [-0.15, -0.1) is 11.3 Å². The normalized spacial score (nSPS) is 10.5. The van der Waals surface area contributed by atoms with Crippen molar-refractivity contribution in [2.75, 3.05) is 0 Å². The minimum atomic E-state index is -0.423. The zero-order valence-corrected chi connectivity index (χ0v) is 13.3. The highest BCUT2D eigenvalue weighted by Gasteiger charge is 2.15. The second kappa shape index (κ2) is 7.28. The number of rotatable bonds is 3. The number of furan rings is 1. The first-order chi connectivity index (χ1) is 11.8. The molecule has 0 radical (unpaired) electrons. The summed E-state index contributed by atoms with van der Waals surface area (Å²) >= 11 is 1.43. The average Bonchev–Trinajstić information content (AvgIpc) is 3.30. The van der Waals surface area contributed by atoms with Gasteiger partial charge in [0.1, 0.15) is 11.6 Å². The van der Waals surface area contributed by atoms with Gasteiger partial charge in [-0.05, 0) is 36.4 Å². The second-order valence-corrected chi connectivity index (χ2v) is 5.77. The molecule has 0 N–H and O–H groups in total. The van der Waals surface area contributed by atoms with E-state index in [1.807, 2.05) is 47.8 Å². The van der Waals surface area contributed by atoms with Crippen LogP contribution in [-0.2, 0) is 0 Å². The van der Waals surface area contributed by atoms with E-state index in [2.05, 4.69) is 11.8 Å². The highest BCUT2D eigenvalue weighted by molar-refractivity contribution is 7.11. The van der Waals surface area contributed by atoms with Gasteiger partial charge in [0.15, 0.2) is 5.76 Å². The summed E-state index contributed by atoms with van der Waals surface area (Å²) in [5.74, 6) is 5.88. The Kier molecular flexibility index (Phi) is 4.72. The molecule has 2 heterocycles. The first kappa shape index (κ1) is 15.6. The number of Topliss-reactive ketones (excluding diaryl/α,β-unsaturated/α-hetero) is 1. The first-order valence-corrected chi connectivity index (χ1v) is 8.00. The molecule has 0 fully saturated rings. The fraction of sp³-hybridized carbons (Fsp3) is 0. The van der Waals surface area contributed by atoms with Gasteiger partial charge in [-0.3, -0.25) is 4.79 Å². The van der Waals surface area contributed by atoms with Crippen LogP contribution in [0.3, 0.4) is 0 Å². The Labute approximate surface area is 143 Å². The lowest BCUT2D eigenvalue weighted by molar-refractivity contribution is 0.101. The molecule has 0 bridgehead atoms. The maximum absolute atomic E-state index is 12.2. The van der Waals surface area contributed by atoms with E-state index < -0.39 is 5.78 Å². The van der Waals surface area contributed by atoms with Gasteiger partial charge in [0.05, 0.1) is 6.26 Å². The highest BCUT2D eigenvalue weighted by atomic mass is 32.1. The smallest absolute Gasteiger partial charge is 0.238 e. The number of benzene rings is 1. The van der Waals surface area contributed by atoms with E-state index in [1.54, 1.807) is 18.2 Å². The van der Waals surface area contributed by atoms with Crippen LogP contribution in [0.4, 0.5) is 0 Å². The molecule has 0 saturated carbocycles. The van der Waals surface area contributed by atoms with Crippen LogP contribution < -0.4 is 0 Å². The number of carbonyl (C=O) groups is 1. The average molecular weight is 329 g/mol. The van der Waals surface area contributed by atoms with Gasteiger partial charge in [-0.2, -0.15) is 5.26 Å². The van der Waals surface area contributed by atoms with Crippen LogP contribution in [0.5, 0.6) is 0 Å². The highest BCUT2D eigenvalue weighted by Crippen LogP contribution is 2.19. The molecule has 0 aliphatic carbocycles. The molecule has 1 aromatic carbocycles. The summed E-state index contributed by atoms with van der Waals surface area (Å²) in [7, 11) is 0. The third kappa shape index (κ3) is 3.70. The molecular formula is C20H11NO2S. The fourth-order valence-electron chi connectivity index (χ4n) is 1.99. The standard InChI is InChI=1S/C20H11NO2S/c21-13-17(20(22)19-7-4-10-23-19)12-18-11-16(14-24-18)9-8-15-5-2-1-3-6-15/h1-7,10-12,14H. The molecule has 3 rings (SSSR count). The van der Waals surface area contributed by atoms with E-state index in [-0.39, 0.29) is 11.3 Å². The lowest BCUT2D eigenvalue weighted by atomic mass is 10.1. The number of carbonyl (C=O) groups excluding carboxylic acids is 1. The van der Waals surface area contributed by atoms with Crippen molar-refractivity contribution >= 4 is 23.2 Å². The molecule has 0 spiro atoms. The monoisotopic (exact) mass is 329 g/mol. The second-order valence-electron chi connectivity index (χ2n) is 4.83. The van der Waals surface area contributed by atoms with Crippen molar-refractivity contribution < 1.29 is 9.21 Å². The van der Waals surface area contributed by atoms with Crippen molar-refractivity contribution in [1.82, 2.24) is 0 Å². The SMILES string of the molecule is N#CC(=Cc1cc(C#Cc2ccccc2)cs1)C(=O)c1ccco1. The van der Waals surface area contributed by atoms with Gasteiger partial charge in [0, 0.05) is 21.4 Å². The van der Waals surface area contributed by atoms with E-state index >= 15 is 0 Å². The van der Waals surface area contributed by atoms with Gasteiger partial charge in [-0.1, -0.05) is 30.0 Å². The maximum atomic E-state index is 12.2.